The molecule has 0 amide bonds. The summed E-state index contributed by atoms with van der Waals surface area (Å²) in [4.78, 5) is 12.1. The van der Waals surface area contributed by atoms with E-state index in [0.29, 0.717) is 5.69 Å². The van der Waals surface area contributed by atoms with Crippen molar-refractivity contribution in [3.63, 3.8) is 0 Å². The first kappa shape index (κ1) is 19.0. The van der Waals surface area contributed by atoms with Gasteiger partial charge in [0.15, 0.2) is 0 Å². The van der Waals surface area contributed by atoms with Crippen molar-refractivity contribution < 1.29 is 12.6 Å². The van der Waals surface area contributed by atoms with Gasteiger partial charge in [0.25, 0.3) is 15.7 Å². The lowest BCUT2D eigenvalue weighted by atomic mass is 9.88. The predicted molar refractivity (Wildman–Crippen MR) is 103 cm³/mol. The highest BCUT2D eigenvalue weighted by atomic mass is 32.2. The van der Waals surface area contributed by atoms with Gasteiger partial charge in [-0.25, -0.2) is 4.68 Å². The molecule has 7 heteroatoms. The van der Waals surface area contributed by atoms with Crippen LogP contribution in [0.25, 0.3) is 0 Å². The maximum Gasteiger partial charge on any atom is 0.266 e. The smallest absolute Gasteiger partial charge is 0.266 e. The van der Waals surface area contributed by atoms with E-state index in [2.05, 4.69) is 5.10 Å². The summed E-state index contributed by atoms with van der Waals surface area (Å²) < 4.78 is 28.2. The average molecular weight is 384 g/mol. The normalized spacial score (nSPS) is 11.6. The molecule has 0 saturated heterocycles. The second-order valence-corrected chi connectivity index (χ2v) is 7.74. The minimum absolute atomic E-state index is 0.0516. The van der Waals surface area contributed by atoms with Crippen molar-refractivity contribution in [2.75, 3.05) is 12.9 Å². The molecule has 0 saturated carbocycles. The number of benzene rings is 2. The van der Waals surface area contributed by atoms with Crippen LogP contribution in [0.5, 0.6) is 0 Å². The molecule has 3 rings (SSSR count). The fraction of sp³-hybridized carbons (Fsp3) is 0.200. The fourth-order valence-electron chi connectivity index (χ4n) is 2.88. The third kappa shape index (κ3) is 5.12. The van der Waals surface area contributed by atoms with Crippen LogP contribution in [0.3, 0.4) is 0 Å². The van der Waals surface area contributed by atoms with Crippen LogP contribution in [-0.4, -0.2) is 31.1 Å². The van der Waals surface area contributed by atoms with Crippen LogP contribution in [0.4, 0.5) is 0 Å². The Morgan fingerprint density at radius 2 is 1.48 bits per heavy atom. The van der Waals surface area contributed by atoms with Crippen LogP contribution >= 0.6 is 0 Å². The van der Waals surface area contributed by atoms with Crippen LogP contribution in [0.1, 0.15) is 22.7 Å². The molecule has 27 heavy (non-hydrogen) atoms. The van der Waals surface area contributed by atoms with E-state index in [-0.39, 0.29) is 24.6 Å². The number of nitrogens with zero attached hydrogens (tertiary/aromatic N) is 2. The lowest BCUT2D eigenvalue weighted by Gasteiger charge is -2.18. The van der Waals surface area contributed by atoms with Gasteiger partial charge >= 0.3 is 0 Å². The van der Waals surface area contributed by atoms with Gasteiger partial charge in [-0.05, 0) is 17.2 Å². The van der Waals surface area contributed by atoms with Crippen LogP contribution < -0.4 is 5.56 Å². The second kappa shape index (κ2) is 8.28. The average Bonchev–Trinajstić information content (AvgIpc) is 2.65. The molecule has 0 aliphatic rings. The third-order valence-electron chi connectivity index (χ3n) is 4.05. The van der Waals surface area contributed by atoms with E-state index in [1.807, 2.05) is 60.7 Å². The summed E-state index contributed by atoms with van der Waals surface area (Å²) in [5.41, 5.74) is 2.49. The summed E-state index contributed by atoms with van der Waals surface area (Å²) in [5.74, 6) is -0.143. The molecule has 2 aromatic carbocycles. The summed E-state index contributed by atoms with van der Waals surface area (Å²) in [6.07, 6.45) is 0.973. The van der Waals surface area contributed by atoms with Crippen molar-refractivity contribution in [3.8, 4) is 0 Å². The Morgan fingerprint density at radius 3 is 2.00 bits per heavy atom. The standard InChI is InChI=1S/C20H20N2O4S/c1-27(24,25)26-15-14-22-19(23)13-12-18(21-22)20(16-8-4-2-5-9-16)17-10-6-3-7-11-17/h2-13,20H,14-15H2,1H3. The molecular weight excluding hydrogens is 364 g/mol. The van der Waals surface area contributed by atoms with Gasteiger partial charge < -0.3 is 0 Å². The molecule has 6 nitrogen and oxygen atoms in total. The van der Waals surface area contributed by atoms with E-state index in [0.717, 1.165) is 17.4 Å². The number of aromatic nitrogens is 2. The molecule has 3 aromatic rings. The Morgan fingerprint density at radius 1 is 0.926 bits per heavy atom. The van der Waals surface area contributed by atoms with Crippen molar-refractivity contribution in [1.29, 1.82) is 0 Å². The Hall–Kier alpha value is -2.77. The van der Waals surface area contributed by atoms with Crippen LogP contribution in [-0.2, 0) is 20.8 Å². The Labute approximate surface area is 158 Å². The maximum absolute atomic E-state index is 12.1. The molecule has 0 aliphatic carbocycles. The Kier molecular flexibility index (Phi) is 5.83. The third-order valence-corrected chi connectivity index (χ3v) is 4.64. The molecule has 0 unspecified atom stereocenters. The molecule has 0 spiro atoms. The highest BCUT2D eigenvalue weighted by Crippen LogP contribution is 2.29. The summed E-state index contributed by atoms with van der Waals surface area (Å²) in [6, 6.07) is 22.9. The molecular formula is C20H20N2O4S. The molecule has 0 bridgehead atoms. The van der Waals surface area contributed by atoms with Crippen molar-refractivity contribution in [2.45, 2.75) is 12.5 Å². The number of rotatable bonds is 7. The lowest BCUT2D eigenvalue weighted by molar-refractivity contribution is 0.293. The van der Waals surface area contributed by atoms with Gasteiger partial charge in [-0.3, -0.25) is 8.98 Å². The van der Waals surface area contributed by atoms with Gasteiger partial charge in [-0.1, -0.05) is 60.7 Å². The zero-order chi connectivity index (χ0) is 19.3. The minimum Gasteiger partial charge on any atom is -0.268 e. The van der Waals surface area contributed by atoms with Crippen LogP contribution in [0.15, 0.2) is 77.6 Å². The number of hydrogen-bond donors (Lipinski definition) is 0. The first-order chi connectivity index (χ1) is 12.9. The monoisotopic (exact) mass is 384 g/mol. The molecule has 0 radical (unpaired) electrons. The largest absolute Gasteiger partial charge is 0.268 e. The minimum atomic E-state index is -3.56. The van der Waals surface area contributed by atoms with E-state index >= 15 is 0 Å². The van der Waals surface area contributed by atoms with Crippen molar-refractivity contribution >= 4 is 10.1 Å². The van der Waals surface area contributed by atoms with Gasteiger partial charge in [0.1, 0.15) is 0 Å². The van der Waals surface area contributed by atoms with E-state index in [1.165, 1.54) is 10.7 Å². The quantitative estimate of drug-likeness (QED) is 0.585. The zero-order valence-corrected chi connectivity index (χ0v) is 15.7. The summed E-state index contributed by atoms with van der Waals surface area (Å²) in [6.45, 7) is -0.0907. The zero-order valence-electron chi connectivity index (χ0n) is 14.9. The predicted octanol–water partition coefficient (Wildman–Crippen LogP) is 2.40. The highest BCUT2D eigenvalue weighted by molar-refractivity contribution is 7.85. The first-order valence-electron chi connectivity index (χ1n) is 8.46. The summed E-state index contributed by atoms with van der Waals surface area (Å²) >= 11 is 0. The summed E-state index contributed by atoms with van der Waals surface area (Å²) in [5, 5.41) is 4.47. The van der Waals surface area contributed by atoms with Gasteiger partial charge in [-0.15, -0.1) is 0 Å². The molecule has 0 fully saturated rings. The number of hydrogen-bond acceptors (Lipinski definition) is 5. The van der Waals surface area contributed by atoms with Crippen LogP contribution in [0, 0.1) is 0 Å². The second-order valence-electron chi connectivity index (χ2n) is 6.10. The molecule has 1 heterocycles. The van der Waals surface area contributed by atoms with Crippen molar-refractivity contribution in [1.82, 2.24) is 9.78 Å². The lowest BCUT2D eigenvalue weighted by Crippen LogP contribution is -2.26. The molecule has 0 aliphatic heterocycles. The molecule has 0 N–H and O–H groups in total. The van der Waals surface area contributed by atoms with Crippen molar-refractivity contribution in [2.24, 2.45) is 0 Å². The van der Waals surface area contributed by atoms with Gasteiger partial charge in [-0.2, -0.15) is 13.5 Å². The highest BCUT2D eigenvalue weighted by Gasteiger charge is 2.19. The fourth-order valence-corrected chi connectivity index (χ4v) is 3.26. The van der Waals surface area contributed by atoms with E-state index in [4.69, 9.17) is 4.18 Å². The summed E-state index contributed by atoms with van der Waals surface area (Å²) in [7, 11) is -3.56. The van der Waals surface area contributed by atoms with Crippen LogP contribution in [0.2, 0.25) is 0 Å². The van der Waals surface area contributed by atoms with Gasteiger partial charge in [0, 0.05) is 6.07 Å². The molecule has 140 valence electrons. The Balaban J connectivity index is 1.98. The molecule has 0 atom stereocenters. The Bertz CT molecular complexity index is 1010. The van der Waals surface area contributed by atoms with E-state index in [1.54, 1.807) is 6.07 Å². The van der Waals surface area contributed by atoms with E-state index < -0.39 is 10.1 Å². The van der Waals surface area contributed by atoms with Crippen molar-refractivity contribution in [3.05, 3.63) is 100.0 Å². The van der Waals surface area contributed by atoms with Gasteiger partial charge in [0.2, 0.25) is 0 Å². The SMILES string of the molecule is CS(=O)(=O)OCCn1nc(C(c2ccccc2)c2ccccc2)ccc1=O. The first-order valence-corrected chi connectivity index (χ1v) is 10.3. The van der Waals surface area contributed by atoms with Gasteiger partial charge in [0.05, 0.1) is 31.0 Å². The topological polar surface area (TPSA) is 78.3 Å². The molecule has 1 aromatic heterocycles. The maximum atomic E-state index is 12.1. The van der Waals surface area contributed by atoms with E-state index in [9.17, 15) is 13.2 Å².